The van der Waals surface area contributed by atoms with E-state index in [1.807, 2.05) is 73.7 Å². The minimum atomic E-state index is -4.03. The maximum atomic E-state index is 14.0. The van der Waals surface area contributed by atoms with Gasteiger partial charge in [0.1, 0.15) is 0 Å². The number of hydrogen-bond acceptors (Lipinski definition) is 4. The number of benzene rings is 3. The third-order valence-corrected chi connectivity index (χ3v) is 7.61. The number of hydrogen-bond donors (Lipinski definition) is 0. The Hall–Kier alpha value is -3.64. The van der Waals surface area contributed by atoms with Crippen molar-refractivity contribution in [2.75, 3.05) is 7.11 Å². The molecule has 5 nitrogen and oxygen atoms in total. The normalized spacial score (nSPS) is 18.0. The van der Waals surface area contributed by atoms with E-state index in [0.717, 1.165) is 16.7 Å². The number of aryl methyl sites for hydroxylation is 1. The zero-order chi connectivity index (χ0) is 23.6. The number of nitrogens with zero attached hydrogens (tertiary/aromatic N) is 1. The van der Waals surface area contributed by atoms with Crippen molar-refractivity contribution in [2.45, 2.75) is 23.8 Å². The number of rotatable bonds is 6. The maximum absolute atomic E-state index is 14.0. The Kier molecular flexibility index (Phi) is 6.20. The average molecular weight is 460 g/mol. The van der Waals surface area contributed by atoms with E-state index in [-0.39, 0.29) is 10.5 Å². The molecule has 2 atom stereocenters. The third-order valence-electron chi connectivity index (χ3n) is 5.80. The first-order valence-electron chi connectivity index (χ1n) is 10.5. The number of carbonyl (C=O) groups is 1. The van der Waals surface area contributed by atoms with Gasteiger partial charge in [0.15, 0.2) is 0 Å². The minimum absolute atomic E-state index is 0.0734. The lowest BCUT2D eigenvalue weighted by Crippen LogP contribution is -2.41. The molecule has 0 saturated carbocycles. The van der Waals surface area contributed by atoms with E-state index in [9.17, 15) is 13.2 Å². The summed E-state index contributed by atoms with van der Waals surface area (Å²) in [6.07, 6.45) is 1.90. The minimum Gasteiger partial charge on any atom is -0.466 e. The summed E-state index contributed by atoms with van der Waals surface area (Å²) in [6, 6.07) is 24.6. The van der Waals surface area contributed by atoms with Crippen LogP contribution in [0, 0.1) is 6.92 Å². The van der Waals surface area contributed by atoms with Gasteiger partial charge in [-0.05, 0) is 36.3 Å². The van der Waals surface area contributed by atoms with Gasteiger partial charge in [-0.15, -0.1) is 0 Å². The van der Waals surface area contributed by atoms with Gasteiger partial charge in [-0.1, -0.05) is 84.9 Å². The molecule has 0 unspecified atom stereocenters. The zero-order valence-corrected chi connectivity index (χ0v) is 19.3. The lowest BCUT2D eigenvalue weighted by atomic mass is 9.89. The van der Waals surface area contributed by atoms with Gasteiger partial charge in [0, 0.05) is 5.92 Å². The van der Waals surface area contributed by atoms with Crippen molar-refractivity contribution in [1.82, 2.24) is 4.31 Å². The summed E-state index contributed by atoms with van der Waals surface area (Å²) in [4.78, 5) is 12.8. The SMILES string of the molecule is C=C(C(=O)OC)[C@@H]1[C@@H](c2ccccc2)C=C(c2ccccc2)N1S(=O)(=O)c1ccc(C)cc1. The molecule has 3 aromatic rings. The Morgan fingerprint density at radius 1 is 0.909 bits per heavy atom. The number of carbonyl (C=O) groups excluding carboxylic acids is 1. The molecule has 6 heteroatoms. The molecule has 168 valence electrons. The van der Waals surface area contributed by atoms with Crippen LogP contribution in [0.2, 0.25) is 0 Å². The summed E-state index contributed by atoms with van der Waals surface area (Å²) in [7, 11) is -2.76. The van der Waals surface area contributed by atoms with E-state index >= 15 is 0 Å². The van der Waals surface area contributed by atoms with Crippen LogP contribution in [0.3, 0.4) is 0 Å². The average Bonchev–Trinajstić information content (AvgIpc) is 3.26. The Labute approximate surface area is 194 Å². The summed E-state index contributed by atoms with van der Waals surface area (Å²) in [5.74, 6) is -1.07. The van der Waals surface area contributed by atoms with Gasteiger partial charge in [-0.2, -0.15) is 0 Å². The van der Waals surface area contributed by atoms with Crippen molar-refractivity contribution in [2.24, 2.45) is 0 Å². The number of sulfonamides is 1. The molecule has 33 heavy (non-hydrogen) atoms. The van der Waals surface area contributed by atoms with Crippen LogP contribution in [0.5, 0.6) is 0 Å². The fraction of sp³-hybridized carbons (Fsp3) is 0.148. The Morgan fingerprint density at radius 3 is 2.06 bits per heavy atom. The second-order valence-electron chi connectivity index (χ2n) is 7.93. The van der Waals surface area contributed by atoms with Crippen LogP contribution in [0.25, 0.3) is 5.70 Å². The van der Waals surface area contributed by atoms with Crippen LogP contribution >= 0.6 is 0 Å². The lowest BCUT2D eigenvalue weighted by Gasteiger charge is -2.32. The topological polar surface area (TPSA) is 63.7 Å². The second-order valence-corrected chi connectivity index (χ2v) is 9.74. The van der Waals surface area contributed by atoms with Crippen molar-refractivity contribution in [3.05, 3.63) is 120 Å². The first-order chi connectivity index (χ1) is 15.8. The van der Waals surface area contributed by atoms with Crippen LogP contribution in [0.1, 0.15) is 22.6 Å². The smallest absolute Gasteiger partial charge is 0.335 e. The molecule has 0 aliphatic carbocycles. The molecule has 0 spiro atoms. The molecule has 0 amide bonds. The van der Waals surface area contributed by atoms with E-state index in [1.54, 1.807) is 24.3 Å². The van der Waals surface area contributed by atoms with Gasteiger partial charge < -0.3 is 4.74 Å². The Bertz CT molecular complexity index is 1300. The lowest BCUT2D eigenvalue weighted by molar-refractivity contribution is -0.136. The van der Waals surface area contributed by atoms with E-state index in [1.165, 1.54) is 11.4 Å². The molecule has 1 heterocycles. The van der Waals surface area contributed by atoms with E-state index in [4.69, 9.17) is 4.74 Å². The van der Waals surface area contributed by atoms with E-state index < -0.39 is 28.0 Å². The molecule has 0 radical (unpaired) electrons. The summed E-state index contributed by atoms with van der Waals surface area (Å²) in [6.45, 7) is 5.87. The number of esters is 1. The molecular formula is C27H25NO4S. The van der Waals surface area contributed by atoms with Gasteiger partial charge in [0.2, 0.25) is 0 Å². The van der Waals surface area contributed by atoms with Crippen molar-refractivity contribution in [3.63, 3.8) is 0 Å². The van der Waals surface area contributed by atoms with Gasteiger partial charge in [-0.25, -0.2) is 13.2 Å². The summed E-state index contributed by atoms with van der Waals surface area (Å²) in [5.41, 5.74) is 3.13. The van der Waals surface area contributed by atoms with Crippen molar-refractivity contribution in [3.8, 4) is 0 Å². The molecule has 0 saturated heterocycles. The highest BCUT2D eigenvalue weighted by molar-refractivity contribution is 7.89. The van der Waals surface area contributed by atoms with Gasteiger partial charge in [-0.3, -0.25) is 4.31 Å². The number of methoxy groups -OCH3 is 1. The number of ether oxygens (including phenoxy) is 1. The van der Waals surface area contributed by atoms with E-state index in [0.29, 0.717) is 5.70 Å². The maximum Gasteiger partial charge on any atom is 0.335 e. The first-order valence-corrected chi connectivity index (χ1v) is 12.0. The van der Waals surface area contributed by atoms with Gasteiger partial charge in [0.25, 0.3) is 10.0 Å². The molecule has 1 aliphatic rings. The predicted molar refractivity (Wildman–Crippen MR) is 129 cm³/mol. The standard InChI is InChI=1S/C27H25NO4S/c1-19-14-16-23(17-15-19)33(30,31)28-25(22-12-8-5-9-13-22)18-24(21-10-6-4-7-11-21)26(28)20(2)27(29)32-3/h4-18,24,26H,2H2,1,3H3/t24-,26-/m1/s1. The first kappa shape index (κ1) is 22.6. The van der Waals surface area contributed by atoms with Crippen LogP contribution < -0.4 is 0 Å². The molecule has 1 aliphatic heterocycles. The van der Waals surface area contributed by atoms with Gasteiger partial charge >= 0.3 is 5.97 Å². The highest BCUT2D eigenvalue weighted by Crippen LogP contribution is 2.45. The molecule has 0 N–H and O–H groups in total. The third kappa shape index (κ3) is 4.22. The molecule has 0 bridgehead atoms. The summed E-state index contributed by atoms with van der Waals surface area (Å²) in [5, 5.41) is 0. The molecule has 3 aromatic carbocycles. The molecule has 4 rings (SSSR count). The fourth-order valence-corrected chi connectivity index (χ4v) is 5.82. The van der Waals surface area contributed by atoms with E-state index in [2.05, 4.69) is 6.58 Å². The Balaban J connectivity index is 1.95. The fourth-order valence-electron chi connectivity index (χ4n) is 4.13. The zero-order valence-electron chi connectivity index (χ0n) is 18.5. The summed E-state index contributed by atoms with van der Waals surface area (Å²) < 4.78 is 34.3. The largest absolute Gasteiger partial charge is 0.466 e. The van der Waals surface area contributed by atoms with Crippen molar-refractivity contribution < 1.29 is 17.9 Å². The second kappa shape index (κ2) is 9.08. The summed E-state index contributed by atoms with van der Waals surface area (Å²) >= 11 is 0. The quantitative estimate of drug-likeness (QED) is 0.388. The van der Waals surface area contributed by atoms with Crippen molar-refractivity contribution in [1.29, 1.82) is 0 Å². The molecule has 0 aromatic heterocycles. The van der Waals surface area contributed by atoms with Crippen LogP contribution in [-0.2, 0) is 19.6 Å². The van der Waals surface area contributed by atoms with Crippen LogP contribution in [0.4, 0.5) is 0 Å². The Morgan fingerprint density at radius 2 is 1.48 bits per heavy atom. The predicted octanol–water partition coefficient (Wildman–Crippen LogP) is 4.92. The highest BCUT2D eigenvalue weighted by atomic mass is 32.2. The van der Waals surface area contributed by atoms with Crippen LogP contribution in [0.15, 0.2) is 108 Å². The molecule has 0 fully saturated rings. The van der Waals surface area contributed by atoms with Crippen LogP contribution in [-0.4, -0.2) is 31.8 Å². The monoisotopic (exact) mass is 459 g/mol. The van der Waals surface area contributed by atoms with Crippen molar-refractivity contribution >= 4 is 21.7 Å². The highest BCUT2D eigenvalue weighted by Gasteiger charge is 2.46. The molecular weight excluding hydrogens is 434 g/mol. The van der Waals surface area contributed by atoms with Gasteiger partial charge in [0.05, 0.1) is 29.3 Å².